The average molecular weight is 254 g/mol. The van der Waals surface area contributed by atoms with Crippen LogP contribution in [0.2, 0.25) is 0 Å². The predicted molar refractivity (Wildman–Crippen MR) is 76.5 cm³/mol. The van der Waals surface area contributed by atoms with E-state index in [1.165, 1.54) is 32.1 Å². The van der Waals surface area contributed by atoms with Gasteiger partial charge in [-0.25, -0.2) is 0 Å². The van der Waals surface area contributed by atoms with E-state index in [-0.39, 0.29) is 5.91 Å². The molecule has 0 saturated heterocycles. The van der Waals surface area contributed by atoms with Crippen LogP contribution in [-0.2, 0) is 4.79 Å². The number of carbonyl (C=O) groups excluding carboxylic acids is 1. The van der Waals surface area contributed by atoms with Crippen molar-refractivity contribution in [2.45, 2.75) is 65.3 Å². The van der Waals surface area contributed by atoms with Crippen molar-refractivity contribution in [3.05, 3.63) is 0 Å². The number of rotatable bonds is 7. The number of nitrogens with one attached hydrogen (secondary N) is 2. The van der Waals surface area contributed by atoms with Crippen LogP contribution in [0.25, 0.3) is 0 Å². The van der Waals surface area contributed by atoms with Gasteiger partial charge in [0.05, 0.1) is 0 Å². The lowest BCUT2D eigenvalue weighted by atomic mass is 9.84. The maximum Gasteiger partial charge on any atom is 0.221 e. The summed E-state index contributed by atoms with van der Waals surface area (Å²) < 4.78 is 0. The molecule has 3 nitrogen and oxygen atoms in total. The molecule has 1 aliphatic carbocycles. The standard InChI is InChI=1S/C15H30N2O/c1-4-13-5-7-14(8-6-13)16-10-9-15(18)17-11-12(2)3/h12-14,16H,4-11H2,1-3H3,(H,17,18). The van der Waals surface area contributed by atoms with Gasteiger partial charge in [0.25, 0.3) is 0 Å². The Balaban J connectivity index is 2.02. The Kier molecular flexibility index (Phi) is 7.33. The van der Waals surface area contributed by atoms with E-state index < -0.39 is 0 Å². The molecule has 0 bridgehead atoms. The second kappa shape index (κ2) is 8.52. The molecule has 1 rings (SSSR count). The van der Waals surface area contributed by atoms with Gasteiger partial charge in [-0.1, -0.05) is 27.2 Å². The summed E-state index contributed by atoms with van der Waals surface area (Å²) in [4.78, 5) is 11.5. The molecule has 106 valence electrons. The highest BCUT2D eigenvalue weighted by Gasteiger charge is 2.19. The largest absolute Gasteiger partial charge is 0.356 e. The summed E-state index contributed by atoms with van der Waals surface area (Å²) in [6.07, 6.45) is 7.21. The number of hydrogen-bond acceptors (Lipinski definition) is 2. The monoisotopic (exact) mass is 254 g/mol. The summed E-state index contributed by atoms with van der Waals surface area (Å²) in [5.74, 6) is 1.65. The van der Waals surface area contributed by atoms with Crippen LogP contribution in [-0.4, -0.2) is 25.0 Å². The molecule has 0 radical (unpaired) electrons. The van der Waals surface area contributed by atoms with Crippen LogP contribution in [0.3, 0.4) is 0 Å². The van der Waals surface area contributed by atoms with Crippen molar-refractivity contribution in [3.8, 4) is 0 Å². The van der Waals surface area contributed by atoms with Crippen molar-refractivity contribution < 1.29 is 4.79 Å². The van der Waals surface area contributed by atoms with Gasteiger partial charge in [-0.3, -0.25) is 4.79 Å². The lowest BCUT2D eigenvalue weighted by Crippen LogP contribution is -2.36. The zero-order valence-electron chi connectivity index (χ0n) is 12.3. The van der Waals surface area contributed by atoms with Crippen molar-refractivity contribution in [2.24, 2.45) is 11.8 Å². The Morgan fingerprint density at radius 1 is 1.22 bits per heavy atom. The Morgan fingerprint density at radius 3 is 2.44 bits per heavy atom. The minimum atomic E-state index is 0.179. The molecule has 2 N–H and O–H groups in total. The fourth-order valence-corrected chi connectivity index (χ4v) is 2.57. The van der Waals surface area contributed by atoms with Gasteiger partial charge in [0.2, 0.25) is 5.91 Å². The molecule has 0 aromatic heterocycles. The van der Waals surface area contributed by atoms with Crippen LogP contribution in [0.1, 0.15) is 59.3 Å². The average Bonchev–Trinajstić information content (AvgIpc) is 2.37. The van der Waals surface area contributed by atoms with Crippen molar-refractivity contribution in [1.82, 2.24) is 10.6 Å². The maximum atomic E-state index is 11.5. The summed E-state index contributed by atoms with van der Waals surface area (Å²) in [5, 5.41) is 6.48. The van der Waals surface area contributed by atoms with Crippen molar-refractivity contribution >= 4 is 5.91 Å². The number of hydrogen-bond donors (Lipinski definition) is 2. The molecule has 0 spiro atoms. The van der Waals surface area contributed by atoms with Crippen LogP contribution in [0.15, 0.2) is 0 Å². The van der Waals surface area contributed by atoms with E-state index in [0.717, 1.165) is 19.0 Å². The zero-order valence-corrected chi connectivity index (χ0v) is 12.3. The first kappa shape index (κ1) is 15.5. The van der Waals surface area contributed by atoms with Crippen molar-refractivity contribution in [3.63, 3.8) is 0 Å². The Labute approximate surface area is 112 Å². The van der Waals surface area contributed by atoms with Crippen molar-refractivity contribution in [1.29, 1.82) is 0 Å². The van der Waals surface area contributed by atoms with E-state index in [4.69, 9.17) is 0 Å². The second-order valence-corrected chi connectivity index (χ2v) is 6.03. The summed E-state index contributed by atoms with van der Waals surface area (Å²) in [7, 11) is 0. The Hall–Kier alpha value is -0.570. The third kappa shape index (κ3) is 6.39. The van der Waals surface area contributed by atoms with E-state index in [2.05, 4.69) is 31.4 Å². The van der Waals surface area contributed by atoms with Gasteiger partial charge < -0.3 is 10.6 Å². The number of amides is 1. The molecular formula is C15H30N2O. The van der Waals surface area contributed by atoms with Gasteiger partial charge in [-0.15, -0.1) is 0 Å². The summed E-state index contributed by atoms with van der Waals surface area (Å²) in [6.45, 7) is 8.14. The van der Waals surface area contributed by atoms with E-state index in [1.54, 1.807) is 0 Å². The highest BCUT2D eigenvalue weighted by Crippen LogP contribution is 2.26. The molecule has 1 saturated carbocycles. The van der Waals surface area contributed by atoms with Crippen LogP contribution in [0, 0.1) is 11.8 Å². The third-order valence-corrected chi connectivity index (χ3v) is 3.92. The predicted octanol–water partition coefficient (Wildman–Crippen LogP) is 2.71. The van der Waals surface area contributed by atoms with Gasteiger partial charge in [-0.2, -0.15) is 0 Å². The molecule has 1 fully saturated rings. The minimum absolute atomic E-state index is 0.179. The molecule has 0 unspecified atom stereocenters. The maximum absolute atomic E-state index is 11.5. The summed E-state index contributed by atoms with van der Waals surface area (Å²) in [5.41, 5.74) is 0. The SMILES string of the molecule is CCC1CCC(NCCC(=O)NCC(C)C)CC1. The molecule has 0 aliphatic heterocycles. The van der Waals surface area contributed by atoms with Crippen LogP contribution in [0.5, 0.6) is 0 Å². The van der Waals surface area contributed by atoms with E-state index >= 15 is 0 Å². The third-order valence-electron chi connectivity index (χ3n) is 3.92. The fourth-order valence-electron chi connectivity index (χ4n) is 2.57. The lowest BCUT2D eigenvalue weighted by molar-refractivity contribution is -0.121. The topological polar surface area (TPSA) is 41.1 Å². The Morgan fingerprint density at radius 2 is 1.89 bits per heavy atom. The minimum Gasteiger partial charge on any atom is -0.356 e. The van der Waals surface area contributed by atoms with Gasteiger partial charge in [0.15, 0.2) is 0 Å². The van der Waals surface area contributed by atoms with Gasteiger partial charge >= 0.3 is 0 Å². The van der Waals surface area contributed by atoms with Gasteiger partial charge in [-0.05, 0) is 37.5 Å². The normalized spacial score (nSPS) is 24.2. The van der Waals surface area contributed by atoms with Crippen molar-refractivity contribution in [2.75, 3.05) is 13.1 Å². The first-order chi connectivity index (χ1) is 8.61. The van der Waals surface area contributed by atoms with Gasteiger partial charge in [0.1, 0.15) is 0 Å². The molecular weight excluding hydrogens is 224 g/mol. The quantitative estimate of drug-likeness (QED) is 0.733. The molecule has 0 heterocycles. The number of carbonyl (C=O) groups is 1. The lowest BCUT2D eigenvalue weighted by Gasteiger charge is -2.28. The summed E-state index contributed by atoms with van der Waals surface area (Å²) in [6, 6.07) is 0.644. The highest BCUT2D eigenvalue weighted by molar-refractivity contribution is 5.76. The van der Waals surface area contributed by atoms with E-state index in [1.807, 2.05) is 0 Å². The Bertz CT molecular complexity index is 233. The molecule has 1 aliphatic rings. The van der Waals surface area contributed by atoms with Crippen LogP contribution < -0.4 is 10.6 Å². The molecule has 0 aromatic carbocycles. The van der Waals surface area contributed by atoms with E-state index in [0.29, 0.717) is 18.4 Å². The van der Waals surface area contributed by atoms with Crippen LogP contribution in [0.4, 0.5) is 0 Å². The fraction of sp³-hybridized carbons (Fsp3) is 0.933. The molecule has 1 amide bonds. The zero-order chi connectivity index (χ0) is 13.4. The highest BCUT2D eigenvalue weighted by atomic mass is 16.1. The van der Waals surface area contributed by atoms with E-state index in [9.17, 15) is 4.79 Å². The molecule has 0 aromatic rings. The molecule has 18 heavy (non-hydrogen) atoms. The summed E-state index contributed by atoms with van der Waals surface area (Å²) >= 11 is 0. The smallest absolute Gasteiger partial charge is 0.221 e. The first-order valence-corrected chi connectivity index (χ1v) is 7.61. The molecule has 0 atom stereocenters. The second-order valence-electron chi connectivity index (χ2n) is 6.03. The van der Waals surface area contributed by atoms with Gasteiger partial charge in [0, 0.05) is 25.6 Å². The first-order valence-electron chi connectivity index (χ1n) is 7.61. The molecule has 3 heteroatoms. The van der Waals surface area contributed by atoms with Crippen LogP contribution >= 0.6 is 0 Å².